The second kappa shape index (κ2) is 6.96. The van der Waals surface area contributed by atoms with Gasteiger partial charge >= 0.3 is 0 Å². The third kappa shape index (κ3) is 3.13. The predicted molar refractivity (Wildman–Crippen MR) is 95.1 cm³/mol. The number of ether oxygens (including phenoxy) is 1. The van der Waals surface area contributed by atoms with Gasteiger partial charge in [-0.1, -0.05) is 12.1 Å². The van der Waals surface area contributed by atoms with Gasteiger partial charge in [-0.2, -0.15) is 4.98 Å². The standard InChI is InChI=1S/C16H19N7O4/c17-9-3-1-2-4-10(9)23(18)27-16-14-15(19-7-20-16)22(8-21-14)13-5-11(25)12(6-24)26-13/h1-4,7-8,11-13,24-25H,5-6,17-18H2. The maximum atomic E-state index is 9.94. The Hall–Kier alpha value is -2.99. The number of aliphatic hydroxyl groups excluding tert-OH is 2. The Balaban J connectivity index is 1.62. The van der Waals surface area contributed by atoms with E-state index in [0.717, 1.165) is 5.17 Å². The van der Waals surface area contributed by atoms with Gasteiger partial charge in [0.25, 0.3) is 5.88 Å². The number of rotatable bonds is 5. The van der Waals surface area contributed by atoms with Crippen LogP contribution >= 0.6 is 0 Å². The summed E-state index contributed by atoms with van der Waals surface area (Å²) < 4.78 is 7.30. The van der Waals surface area contributed by atoms with E-state index >= 15 is 0 Å². The first-order valence-electron chi connectivity index (χ1n) is 8.27. The number of nitrogen functional groups attached to an aromatic ring is 1. The van der Waals surface area contributed by atoms with E-state index in [4.69, 9.17) is 21.2 Å². The number of benzene rings is 1. The third-order valence-electron chi connectivity index (χ3n) is 4.38. The number of hydrogen-bond acceptors (Lipinski definition) is 10. The van der Waals surface area contributed by atoms with E-state index < -0.39 is 18.4 Å². The van der Waals surface area contributed by atoms with Gasteiger partial charge in [-0.05, 0) is 12.1 Å². The van der Waals surface area contributed by atoms with Crippen LogP contribution in [0.4, 0.5) is 11.4 Å². The smallest absolute Gasteiger partial charge is 0.279 e. The highest BCUT2D eigenvalue weighted by atomic mass is 16.7. The van der Waals surface area contributed by atoms with Crippen LogP contribution in [-0.2, 0) is 4.74 Å². The van der Waals surface area contributed by atoms with Crippen molar-refractivity contribution in [3.63, 3.8) is 0 Å². The van der Waals surface area contributed by atoms with Crippen molar-refractivity contribution in [3.05, 3.63) is 36.9 Å². The molecule has 3 heterocycles. The van der Waals surface area contributed by atoms with Crippen molar-refractivity contribution in [1.82, 2.24) is 19.5 Å². The van der Waals surface area contributed by atoms with Gasteiger partial charge in [0, 0.05) is 6.42 Å². The number of anilines is 2. The maximum absolute atomic E-state index is 9.94. The molecule has 0 amide bonds. The molecule has 11 nitrogen and oxygen atoms in total. The molecule has 11 heteroatoms. The molecule has 27 heavy (non-hydrogen) atoms. The summed E-state index contributed by atoms with van der Waals surface area (Å²) in [4.78, 5) is 18.2. The van der Waals surface area contributed by atoms with Crippen LogP contribution in [0, 0.1) is 0 Å². The summed E-state index contributed by atoms with van der Waals surface area (Å²) in [5.41, 5.74) is 7.63. The fourth-order valence-electron chi connectivity index (χ4n) is 2.99. The molecular weight excluding hydrogens is 354 g/mol. The lowest BCUT2D eigenvalue weighted by atomic mass is 10.2. The molecule has 6 N–H and O–H groups in total. The molecule has 2 aromatic heterocycles. The van der Waals surface area contributed by atoms with Crippen molar-refractivity contribution in [3.8, 4) is 5.88 Å². The van der Waals surface area contributed by atoms with Gasteiger partial charge < -0.3 is 25.5 Å². The lowest BCUT2D eigenvalue weighted by Gasteiger charge is -2.19. The van der Waals surface area contributed by atoms with Crippen molar-refractivity contribution >= 4 is 22.5 Å². The van der Waals surface area contributed by atoms with E-state index in [1.165, 1.54) is 12.7 Å². The molecule has 0 radical (unpaired) electrons. The minimum atomic E-state index is -0.768. The Kier molecular flexibility index (Phi) is 4.49. The third-order valence-corrected chi connectivity index (χ3v) is 4.38. The summed E-state index contributed by atoms with van der Waals surface area (Å²) in [7, 11) is 0. The van der Waals surface area contributed by atoms with Gasteiger partial charge in [0.1, 0.15) is 24.3 Å². The summed E-state index contributed by atoms with van der Waals surface area (Å²) in [6.45, 7) is -0.270. The van der Waals surface area contributed by atoms with Gasteiger partial charge in [0.05, 0.1) is 24.7 Å². The molecule has 1 saturated heterocycles. The number of imidazole rings is 1. The Morgan fingerprint density at radius 2 is 2.11 bits per heavy atom. The number of para-hydroxylation sites is 2. The van der Waals surface area contributed by atoms with E-state index in [2.05, 4.69) is 15.0 Å². The minimum Gasteiger partial charge on any atom is -0.397 e. The first kappa shape index (κ1) is 17.4. The number of aromatic nitrogens is 4. The van der Waals surface area contributed by atoms with E-state index in [1.54, 1.807) is 28.8 Å². The quantitative estimate of drug-likeness (QED) is 0.266. The second-order valence-electron chi connectivity index (χ2n) is 6.09. The number of hydrazine groups is 1. The Morgan fingerprint density at radius 1 is 1.30 bits per heavy atom. The zero-order valence-electron chi connectivity index (χ0n) is 14.2. The topological polar surface area (TPSA) is 158 Å². The molecule has 1 fully saturated rings. The first-order valence-corrected chi connectivity index (χ1v) is 8.27. The summed E-state index contributed by atoms with van der Waals surface area (Å²) in [5.74, 6) is 6.09. The van der Waals surface area contributed by atoms with Crippen molar-refractivity contribution in [2.45, 2.75) is 24.9 Å². The van der Waals surface area contributed by atoms with Crippen LogP contribution in [0.25, 0.3) is 11.2 Å². The number of nitrogens with zero attached hydrogens (tertiary/aromatic N) is 5. The normalized spacial score (nSPS) is 22.3. The van der Waals surface area contributed by atoms with Crippen molar-refractivity contribution in [2.75, 3.05) is 17.5 Å². The van der Waals surface area contributed by atoms with Gasteiger partial charge in [-0.3, -0.25) is 4.57 Å². The molecule has 0 spiro atoms. The van der Waals surface area contributed by atoms with Gasteiger partial charge in [0.15, 0.2) is 11.2 Å². The summed E-state index contributed by atoms with van der Waals surface area (Å²) in [6.07, 6.45) is 1.21. The molecule has 142 valence electrons. The average molecular weight is 373 g/mol. The lowest BCUT2D eigenvalue weighted by Crippen LogP contribution is -2.35. The van der Waals surface area contributed by atoms with Gasteiger partial charge in [-0.15, -0.1) is 5.17 Å². The molecular formula is C16H19N7O4. The van der Waals surface area contributed by atoms with Crippen molar-refractivity contribution in [2.24, 2.45) is 5.84 Å². The molecule has 1 aliphatic rings. The predicted octanol–water partition coefficient (Wildman–Crippen LogP) is -0.277. The van der Waals surface area contributed by atoms with Crippen molar-refractivity contribution < 1.29 is 19.8 Å². The van der Waals surface area contributed by atoms with Crippen molar-refractivity contribution in [1.29, 1.82) is 0 Å². The van der Waals surface area contributed by atoms with E-state index in [1.807, 2.05) is 0 Å². The summed E-state index contributed by atoms with van der Waals surface area (Å²) in [5, 5.41) is 20.2. The number of hydrogen-bond donors (Lipinski definition) is 4. The number of aliphatic hydroxyl groups is 2. The first-order chi connectivity index (χ1) is 13.1. The molecule has 0 saturated carbocycles. The van der Waals surface area contributed by atoms with Gasteiger partial charge in [-0.25, -0.2) is 15.8 Å². The fourth-order valence-corrected chi connectivity index (χ4v) is 2.99. The summed E-state index contributed by atoms with van der Waals surface area (Å²) >= 11 is 0. The Bertz CT molecular complexity index is 949. The van der Waals surface area contributed by atoms with E-state index in [9.17, 15) is 10.2 Å². The molecule has 3 unspecified atom stereocenters. The molecule has 1 aromatic carbocycles. The zero-order chi connectivity index (χ0) is 19.0. The van der Waals surface area contributed by atoms with Crippen LogP contribution < -0.4 is 21.6 Å². The molecule has 3 atom stereocenters. The monoisotopic (exact) mass is 373 g/mol. The highest BCUT2D eigenvalue weighted by Gasteiger charge is 2.35. The SMILES string of the molecule is Nc1ccccc1N(N)Oc1ncnc2c1ncn2C1CC(O)C(CO)O1. The van der Waals surface area contributed by atoms with Crippen LogP contribution in [-0.4, -0.2) is 48.5 Å². The van der Waals surface area contributed by atoms with Gasteiger partial charge in [0.2, 0.25) is 0 Å². The minimum absolute atomic E-state index is 0.141. The Morgan fingerprint density at radius 3 is 2.85 bits per heavy atom. The van der Waals surface area contributed by atoms with Crippen LogP contribution in [0.1, 0.15) is 12.6 Å². The molecule has 3 aromatic rings. The molecule has 4 rings (SSSR count). The molecule has 1 aliphatic heterocycles. The summed E-state index contributed by atoms with van der Waals surface area (Å²) in [6, 6.07) is 6.96. The number of nitrogens with two attached hydrogens (primary N) is 2. The lowest BCUT2D eigenvalue weighted by molar-refractivity contribution is -0.0432. The maximum Gasteiger partial charge on any atom is 0.279 e. The average Bonchev–Trinajstić information content (AvgIpc) is 3.25. The van der Waals surface area contributed by atoms with Crippen LogP contribution in [0.15, 0.2) is 36.9 Å². The molecule has 0 aliphatic carbocycles. The molecule has 0 bridgehead atoms. The van der Waals surface area contributed by atoms with Crippen LogP contribution in [0.3, 0.4) is 0 Å². The largest absolute Gasteiger partial charge is 0.397 e. The highest BCUT2D eigenvalue weighted by Crippen LogP contribution is 2.32. The second-order valence-corrected chi connectivity index (χ2v) is 6.09. The highest BCUT2D eigenvalue weighted by molar-refractivity contribution is 5.76. The van der Waals surface area contributed by atoms with Crippen LogP contribution in [0.5, 0.6) is 5.88 Å². The number of fused-ring (bicyclic) bond motifs is 1. The van der Waals surface area contributed by atoms with E-state index in [-0.39, 0.29) is 12.5 Å². The zero-order valence-corrected chi connectivity index (χ0v) is 14.2. The van der Waals surface area contributed by atoms with E-state index in [0.29, 0.717) is 29.0 Å². The fraction of sp³-hybridized carbons (Fsp3) is 0.312. The van der Waals surface area contributed by atoms with Crippen LogP contribution in [0.2, 0.25) is 0 Å². The Labute approximate surface area is 153 Å².